The number of halogens is 1. The van der Waals surface area contributed by atoms with E-state index in [-0.39, 0.29) is 12.5 Å². The van der Waals surface area contributed by atoms with Gasteiger partial charge in [-0.05, 0) is 12.1 Å². The molecule has 0 aliphatic rings. The predicted octanol–water partition coefficient (Wildman–Crippen LogP) is 2.10. The van der Waals surface area contributed by atoms with Gasteiger partial charge in [0.05, 0.1) is 25.7 Å². The molecule has 0 unspecified atom stereocenters. The molecule has 0 spiro atoms. The van der Waals surface area contributed by atoms with Crippen molar-refractivity contribution >= 4 is 17.6 Å². The summed E-state index contributed by atoms with van der Waals surface area (Å²) in [6, 6.07) is 4.84. The number of hydrogen-bond donors (Lipinski definition) is 0. The van der Waals surface area contributed by atoms with Crippen LogP contribution in [0, 0.1) is 0 Å². The Morgan fingerprint density at radius 2 is 1.75 bits per heavy atom. The van der Waals surface area contributed by atoms with Crippen molar-refractivity contribution in [3.8, 4) is 11.5 Å². The van der Waals surface area contributed by atoms with Gasteiger partial charge in [-0.1, -0.05) is 0 Å². The molecule has 0 bridgehead atoms. The third-order valence-corrected chi connectivity index (χ3v) is 2.05. The van der Waals surface area contributed by atoms with Gasteiger partial charge >= 0.3 is 5.97 Å². The van der Waals surface area contributed by atoms with Gasteiger partial charge in [0.2, 0.25) is 0 Å². The van der Waals surface area contributed by atoms with E-state index in [0.29, 0.717) is 17.1 Å². The van der Waals surface area contributed by atoms with Crippen LogP contribution in [-0.4, -0.2) is 32.7 Å². The van der Waals surface area contributed by atoms with Gasteiger partial charge in [0, 0.05) is 6.07 Å². The lowest BCUT2D eigenvalue weighted by Crippen LogP contribution is -2.07. The Kier molecular flexibility index (Phi) is 4.92. The Balaban J connectivity index is 2.89. The van der Waals surface area contributed by atoms with Crippen LogP contribution in [0.2, 0.25) is 0 Å². The van der Waals surface area contributed by atoms with Crippen LogP contribution in [0.25, 0.3) is 0 Å². The summed E-state index contributed by atoms with van der Waals surface area (Å²) in [7, 11) is 3.03. The largest absolute Gasteiger partial charge is 0.497 e. The van der Waals surface area contributed by atoms with E-state index in [9.17, 15) is 4.79 Å². The van der Waals surface area contributed by atoms with E-state index in [1.165, 1.54) is 14.2 Å². The Morgan fingerprint density at radius 3 is 2.19 bits per heavy atom. The monoisotopic (exact) mass is 244 g/mol. The molecule has 0 saturated carbocycles. The van der Waals surface area contributed by atoms with Crippen molar-refractivity contribution in [1.29, 1.82) is 0 Å². The molecule has 0 N–H and O–H groups in total. The first-order chi connectivity index (χ1) is 7.71. The van der Waals surface area contributed by atoms with Crippen LogP contribution in [0.5, 0.6) is 11.5 Å². The minimum absolute atomic E-state index is 0.180. The van der Waals surface area contributed by atoms with Gasteiger partial charge in [-0.15, -0.1) is 11.6 Å². The normalized spacial score (nSPS) is 9.69. The fourth-order valence-electron chi connectivity index (χ4n) is 1.14. The Bertz CT molecular complexity index is 343. The Hall–Kier alpha value is -1.42. The molecule has 0 amide bonds. The summed E-state index contributed by atoms with van der Waals surface area (Å²) in [5.41, 5.74) is 0.376. The summed E-state index contributed by atoms with van der Waals surface area (Å²) < 4.78 is 15.0. The number of carbonyl (C=O) groups is 1. The van der Waals surface area contributed by atoms with E-state index in [2.05, 4.69) is 0 Å². The maximum atomic E-state index is 11.5. The molecule has 1 rings (SSSR count). The molecule has 4 nitrogen and oxygen atoms in total. The van der Waals surface area contributed by atoms with Crippen molar-refractivity contribution in [1.82, 2.24) is 0 Å². The Morgan fingerprint density at radius 1 is 1.19 bits per heavy atom. The first-order valence-corrected chi connectivity index (χ1v) is 5.21. The minimum atomic E-state index is -0.446. The second kappa shape index (κ2) is 6.23. The molecular weight excluding hydrogens is 232 g/mol. The summed E-state index contributed by atoms with van der Waals surface area (Å²) in [4.78, 5) is 11.5. The topological polar surface area (TPSA) is 44.8 Å². The second-order valence-electron chi connectivity index (χ2n) is 2.93. The zero-order valence-electron chi connectivity index (χ0n) is 9.16. The van der Waals surface area contributed by atoms with Crippen LogP contribution in [0.1, 0.15) is 10.4 Å². The molecule has 0 heterocycles. The molecule has 0 aromatic heterocycles. The highest BCUT2D eigenvalue weighted by Gasteiger charge is 2.10. The average Bonchev–Trinajstić information content (AvgIpc) is 2.35. The number of esters is 1. The highest BCUT2D eigenvalue weighted by atomic mass is 35.5. The van der Waals surface area contributed by atoms with Crippen molar-refractivity contribution in [3.63, 3.8) is 0 Å². The average molecular weight is 245 g/mol. The lowest BCUT2D eigenvalue weighted by Gasteiger charge is -2.07. The van der Waals surface area contributed by atoms with Crippen LogP contribution in [0.4, 0.5) is 0 Å². The van der Waals surface area contributed by atoms with Crippen LogP contribution in [-0.2, 0) is 4.74 Å². The van der Waals surface area contributed by atoms with Crippen molar-refractivity contribution in [3.05, 3.63) is 23.8 Å². The molecule has 5 heteroatoms. The molecule has 1 aromatic rings. The van der Waals surface area contributed by atoms with Crippen molar-refractivity contribution in [2.24, 2.45) is 0 Å². The quantitative estimate of drug-likeness (QED) is 0.588. The first kappa shape index (κ1) is 12.6. The SMILES string of the molecule is COc1cc(OC)cc(C(=O)OCCCl)c1. The molecule has 1 aromatic carbocycles. The summed E-state index contributed by atoms with van der Waals surface area (Å²) in [6.45, 7) is 0.180. The predicted molar refractivity (Wildman–Crippen MR) is 60.5 cm³/mol. The molecule has 16 heavy (non-hydrogen) atoms. The maximum Gasteiger partial charge on any atom is 0.338 e. The number of hydrogen-bond acceptors (Lipinski definition) is 4. The lowest BCUT2D eigenvalue weighted by atomic mass is 10.2. The van der Waals surface area contributed by atoms with E-state index in [4.69, 9.17) is 25.8 Å². The van der Waals surface area contributed by atoms with E-state index < -0.39 is 5.97 Å². The van der Waals surface area contributed by atoms with Crippen molar-refractivity contribution in [2.75, 3.05) is 26.7 Å². The fraction of sp³-hybridized carbons (Fsp3) is 0.364. The Labute approximate surface area is 99.1 Å². The van der Waals surface area contributed by atoms with Gasteiger partial charge in [-0.25, -0.2) is 4.79 Å². The van der Waals surface area contributed by atoms with E-state index in [1.54, 1.807) is 18.2 Å². The van der Waals surface area contributed by atoms with Crippen LogP contribution in [0.15, 0.2) is 18.2 Å². The number of methoxy groups -OCH3 is 2. The van der Waals surface area contributed by atoms with E-state index in [1.807, 2.05) is 0 Å². The van der Waals surface area contributed by atoms with Gasteiger partial charge in [0.15, 0.2) is 0 Å². The molecule has 0 aliphatic carbocycles. The zero-order chi connectivity index (χ0) is 12.0. The standard InChI is InChI=1S/C11H13ClO4/c1-14-9-5-8(6-10(7-9)15-2)11(13)16-4-3-12/h5-7H,3-4H2,1-2H3. The first-order valence-electron chi connectivity index (χ1n) is 4.67. The number of benzene rings is 1. The third kappa shape index (κ3) is 3.31. The molecule has 0 saturated heterocycles. The summed E-state index contributed by atoms with van der Waals surface area (Å²) in [5, 5.41) is 0. The van der Waals surface area contributed by atoms with Crippen LogP contribution < -0.4 is 9.47 Å². The zero-order valence-corrected chi connectivity index (χ0v) is 9.91. The third-order valence-electron chi connectivity index (χ3n) is 1.90. The summed E-state index contributed by atoms with van der Waals surface area (Å²) in [6.07, 6.45) is 0. The van der Waals surface area contributed by atoms with Crippen molar-refractivity contribution < 1.29 is 19.0 Å². The second-order valence-corrected chi connectivity index (χ2v) is 3.30. The summed E-state index contributed by atoms with van der Waals surface area (Å²) >= 11 is 5.42. The molecule has 0 aliphatic heterocycles. The van der Waals surface area contributed by atoms with Gasteiger partial charge in [0.25, 0.3) is 0 Å². The lowest BCUT2D eigenvalue weighted by molar-refractivity contribution is 0.0528. The fourth-order valence-corrected chi connectivity index (χ4v) is 1.22. The number of alkyl halides is 1. The molecule has 0 radical (unpaired) electrons. The van der Waals surface area contributed by atoms with Gasteiger partial charge in [-0.2, -0.15) is 0 Å². The highest BCUT2D eigenvalue weighted by molar-refractivity contribution is 6.18. The smallest absolute Gasteiger partial charge is 0.338 e. The van der Waals surface area contributed by atoms with E-state index >= 15 is 0 Å². The molecular formula is C11H13ClO4. The number of carbonyl (C=O) groups excluding carboxylic acids is 1. The molecule has 0 atom stereocenters. The molecule has 88 valence electrons. The highest BCUT2D eigenvalue weighted by Crippen LogP contribution is 2.22. The van der Waals surface area contributed by atoms with Crippen LogP contribution in [0.3, 0.4) is 0 Å². The number of rotatable bonds is 5. The van der Waals surface area contributed by atoms with E-state index in [0.717, 1.165) is 0 Å². The van der Waals surface area contributed by atoms with Gasteiger partial charge in [0.1, 0.15) is 18.1 Å². The van der Waals surface area contributed by atoms with Gasteiger partial charge < -0.3 is 14.2 Å². The number of ether oxygens (including phenoxy) is 3. The maximum absolute atomic E-state index is 11.5. The van der Waals surface area contributed by atoms with Crippen LogP contribution >= 0.6 is 11.6 Å². The van der Waals surface area contributed by atoms with Gasteiger partial charge in [-0.3, -0.25) is 0 Å². The minimum Gasteiger partial charge on any atom is -0.497 e. The summed E-state index contributed by atoms with van der Waals surface area (Å²) in [5.74, 6) is 0.902. The van der Waals surface area contributed by atoms with Crippen molar-refractivity contribution in [2.45, 2.75) is 0 Å². The molecule has 0 fully saturated rings.